The monoisotopic (exact) mass is 459 g/mol. The van der Waals surface area contributed by atoms with Crippen molar-refractivity contribution in [2.45, 2.75) is 38.9 Å². The molecule has 0 spiro atoms. The molecule has 0 radical (unpaired) electrons. The number of aromatic nitrogens is 2. The highest BCUT2D eigenvalue weighted by Gasteiger charge is 2.14. The third-order valence-electron chi connectivity index (χ3n) is 4.53. The van der Waals surface area contributed by atoms with Crippen LogP contribution >= 0.6 is 27.7 Å². The summed E-state index contributed by atoms with van der Waals surface area (Å²) in [5, 5.41) is 4.14. The molecule has 3 aromatic rings. The summed E-state index contributed by atoms with van der Waals surface area (Å²) < 4.78 is 2.45. The first-order valence-corrected chi connectivity index (χ1v) is 10.9. The van der Waals surface area contributed by atoms with E-state index in [0.29, 0.717) is 22.6 Å². The molecule has 0 saturated heterocycles. The standard InChI is InChI=1S/C21H22BrN3O2S/c1-4-14-8-6-7-13(3)19(14)24-18(26)12-28-21-23-17-10-9-15(22)11-16(17)20(27)25(21)5-2/h6-11H,4-5,12H2,1-3H3,(H,24,26). The van der Waals surface area contributed by atoms with E-state index >= 15 is 0 Å². The van der Waals surface area contributed by atoms with E-state index in [9.17, 15) is 9.59 Å². The molecule has 7 heteroatoms. The van der Waals surface area contributed by atoms with Gasteiger partial charge >= 0.3 is 0 Å². The van der Waals surface area contributed by atoms with Crippen molar-refractivity contribution in [1.29, 1.82) is 0 Å². The fraction of sp³-hybridized carbons (Fsp3) is 0.286. The molecule has 1 aromatic heterocycles. The van der Waals surface area contributed by atoms with Crippen molar-refractivity contribution >= 4 is 50.2 Å². The summed E-state index contributed by atoms with van der Waals surface area (Å²) in [4.78, 5) is 29.9. The Morgan fingerprint density at radius 2 is 2.04 bits per heavy atom. The maximum atomic E-state index is 12.8. The number of halogens is 1. The lowest BCUT2D eigenvalue weighted by Gasteiger charge is -2.14. The molecule has 5 nitrogen and oxygen atoms in total. The zero-order chi connectivity index (χ0) is 20.3. The summed E-state index contributed by atoms with van der Waals surface area (Å²) in [7, 11) is 0. The van der Waals surface area contributed by atoms with Gasteiger partial charge in [0.2, 0.25) is 5.91 Å². The summed E-state index contributed by atoms with van der Waals surface area (Å²) >= 11 is 4.68. The van der Waals surface area contributed by atoms with Gasteiger partial charge in [-0.2, -0.15) is 0 Å². The van der Waals surface area contributed by atoms with Gasteiger partial charge in [0, 0.05) is 16.7 Å². The smallest absolute Gasteiger partial charge is 0.262 e. The van der Waals surface area contributed by atoms with Crippen LogP contribution in [0.5, 0.6) is 0 Å². The molecule has 0 fully saturated rings. The number of carbonyl (C=O) groups excluding carboxylic acids is 1. The van der Waals surface area contributed by atoms with E-state index in [2.05, 4.69) is 33.2 Å². The van der Waals surface area contributed by atoms with Crippen LogP contribution in [0.25, 0.3) is 10.9 Å². The molecule has 0 unspecified atom stereocenters. The van der Waals surface area contributed by atoms with E-state index in [-0.39, 0.29) is 17.2 Å². The molecule has 0 atom stereocenters. The number of benzene rings is 2. The van der Waals surface area contributed by atoms with Crippen LogP contribution in [0.4, 0.5) is 5.69 Å². The third kappa shape index (κ3) is 4.31. The average Bonchev–Trinajstić information content (AvgIpc) is 2.68. The SMILES string of the molecule is CCc1cccc(C)c1NC(=O)CSc1nc2ccc(Br)cc2c(=O)n1CC. The van der Waals surface area contributed by atoms with Crippen LogP contribution in [0.3, 0.4) is 0 Å². The van der Waals surface area contributed by atoms with E-state index < -0.39 is 0 Å². The first-order chi connectivity index (χ1) is 13.4. The van der Waals surface area contributed by atoms with Crippen molar-refractivity contribution in [3.05, 3.63) is 62.4 Å². The summed E-state index contributed by atoms with van der Waals surface area (Å²) in [5.74, 6) is 0.0770. The number of amides is 1. The molecule has 1 N–H and O–H groups in total. The Morgan fingerprint density at radius 3 is 2.75 bits per heavy atom. The van der Waals surface area contributed by atoms with Crippen molar-refractivity contribution in [1.82, 2.24) is 9.55 Å². The zero-order valence-electron chi connectivity index (χ0n) is 16.1. The Balaban J connectivity index is 1.83. The largest absolute Gasteiger partial charge is 0.325 e. The number of hydrogen-bond acceptors (Lipinski definition) is 4. The highest BCUT2D eigenvalue weighted by molar-refractivity contribution is 9.10. The second-order valence-electron chi connectivity index (χ2n) is 6.40. The van der Waals surface area contributed by atoms with Gasteiger partial charge in [-0.1, -0.05) is 52.8 Å². The van der Waals surface area contributed by atoms with E-state index in [1.807, 2.05) is 44.2 Å². The Labute approximate surface area is 176 Å². The number of aryl methyl sites for hydroxylation is 2. The molecule has 2 aromatic carbocycles. The van der Waals surface area contributed by atoms with Crippen LogP contribution in [0.1, 0.15) is 25.0 Å². The lowest BCUT2D eigenvalue weighted by molar-refractivity contribution is -0.113. The number of thioether (sulfide) groups is 1. The van der Waals surface area contributed by atoms with Gasteiger partial charge in [0.15, 0.2) is 5.16 Å². The van der Waals surface area contributed by atoms with Crippen LogP contribution in [0.2, 0.25) is 0 Å². The van der Waals surface area contributed by atoms with Gasteiger partial charge in [0.05, 0.1) is 16.7 Å². The minimum absolute atomic E-state index is 0.0936. The Hall–Kier alpha value is -2.12. The predicted molar refractivity (Wildman–Crippen MR) is 119 cm³/mol. The molecule has 0 aliphatic carbocycles. The average molecular weight is 460 g/mol. The van der Waals surface area contributed by atoms with Gasteiger partial charge in [0.25, 0.3) is 5.56 Å². The van der Waals surface area contributed by atoms with E-state index in [0.717, 1.165) is 27.7 Å². The van der Waals surface area contributed by atoms with Crippen molar-refractivity contribution in [3.8, 4) is 0 Å². The molecule has 0 aliphatic heterocycles. The molecule has 146 valence electrons. The third-order valence-corrected chi connectivity index (χ3v) is 6.00. The van der Waals surface area contributed by atoms with E-state index in [4.69, 9.17) is 0 Å². The number of fused-ring (bicyclic) bond motifs is 1. The summed E-state index contributed by atoms with van der Waals surface area (Å²) in [6.45, 7) is 6.45. The number of anilines is 1. The fourth-order valence-electron chi connectivity index (χ4n) is 3.07. The molecule has 3 rings (SSSR count). The van der Waals surface area contributed by atoms with E-state index in [1.165, 1.54) is 11.8 Å². The Bertz CT molecular complexity index is 1090. The summed E-state index contributed by atoms with van der Waals surface area (Å²) in [5.41, 5.74) is 3.56. The van der Waals surface area contributed by atoms with Crippen LogP contribution in [-0.4, -0.2) is 21.2 Å². The second-order valence-corrected chi connectivity index (χ2v) is 8.26. The van der Waals surface area contributed by atoms with E-state index in [1.54, 1.807) is 10.6 Å². The number of rotatable bonds is 6. The van der Waals surface area contributed by atoms with Crippen LogP contribution in [0, 0.1) is 6.92 Å². The molecular weight excluding hydrogens is 438 g/mol. The van der Waals surface area contributed by atoms with Gasteiger partial charge in [-0.05, 0) is 49.6 Å². The minimum atomic E-state index is -0.109. The lowest BCUT2D eigenvalue weighted by atomic mass is 10.1. The topological polar surface area (TPSA) is 64.0 Å². The van der Waals surface area contributed by atoms with Crippen molar-refractivity contribution in [2.75, 3.05) is 11.1 Å². The molecule has 0 bridgehead atoms. The Kier molecular flexibility index (Phi) is 6.57. The highest BCUT2D eigenvalue weighted by Crippen LogP contribution is 2.23. The van der Waals surface area contributed by atoms with Crippen molar-refractivity contribution < 1.29 is 4.79 Å². The molecule has 28 heavy (non-hydrogen) atoms. The number of nitrogens with zero attached hydrogens (tertiary/aromatic N) is 2. The van der Waals surface area contributed by atoms with Crippen LogP contribution in [0.15, 0.2) is 50.8 Å². The van der Waals surface area contributed by atoms with Gasteiger partial charge in [-0.3, -0.25) is 14.2 Å². The summed E-state index contributed by atoms with van der Waals surface area (Å²) in [6.07, 6.45) is 0.849. The van der Waals surface area contributed by atoms with Crippen molar-refractivity contribution in [3.63, 3.8) is 0 Å². The summed E-state index contributed by atoms with van der Waals surface area (Å²) in [6, 6.07) is 11.5. The number of carbonyl (C=O) groups is 1. The van der Waals surface area contributed by atoms with Gasteiger partial charge < -0.3 is 5.32 Å². The molecule has 1 amide bonds. The number of para-hydroxylation sites is 1. The lowest BCUT2D eigenvalue weighted by Crippen LogP contribution is -2.23. The molecular formula is C21H22BrN3O2S. The maximum absolute atomic E-state index is 12.8. The number of nitrogens with one attached hydrogen (secondary N) is 1. The van der Waals surface area contributed by atoms with Crippen LogP contribution < -0.4 is 10.9 Å². The molecule has 0 aliphatic rings. The number of hydrogen-bond donors (Lipinski definition) is 1. The van der Waals surface area contributed by atoms with Crippen LogP contribution in [-0.2, 0) is 17.8 Å². The maximum Gasteiger partial charge on any atom is 0.262 e. The van der Waals surface area contributed by atoms with Crippen molar-refractivity contribution in [2.24, 2.45) is 0 Å². The Morgan fingerprint density at radius 1 is 1.25 bits per heavy atom. The fourth-order valence-corrected chi connectivity index (χ4v) is 4.29. The zero-order valence-corrected chi connectivity index (χ0v) is 18.5. The van der Waals surface area contributed by atoms with Gasteiger partial charge in [0.1, 0.15) is 0 Å². The minimum Gasteiger partial charge on any atom is -0.325 e. The normalized spacial score (nSPS) is 11.0. The van der Waals surface area contributed by atoms with Gasteiger partial charge in [-0.15, -0.1) is 0 Å². The predicted octanol–water partition coefficient (Wildman–Crippen LogP) is 4.78. The quantitative estimate of drug-likeness (QED) is 0.425. The molecule has 1 heterocycles. The second kappa shape index (κ2) is 8.92. The first-order valence-electron chi connectivity index (χ1n) is 9.15. The highest BCUT2D eigenvalue weighted by atomic mass is 79.9. The molecule has 0 saturated carbocycles. The van der Waals surface area contributed by atoms with Gasteiger partial charge in [-0.25, -0.2) is 4.98 Å². The first kappa shape index (κ1) is 20.6.